The van der Waals surface area contributed by atoms with Crippen LogP contribution in [0.3, 0.4) is 0 Å². The third-order valence-corrected chi connectivity index (χ3v) is 5.39. The third kappa shape index (κ3) is 3.75. The van der Waals surface area contributed by atoms with E-state index >= 15 is 0 Å². The molecule has 1 N–H and O–H groups in total. The Morgan fingerprint density at radius 3 is 2.79 bits per heavy atom. The zero-order valence-electron chi connectivity index (χ0n) is 15.3. The normalized spacial score (nSPS) is 16.3. The Balaban J connectivity index is 1.52. The summed E-state index contributed by atoms with van der Waals surface area (Å²) >= 11 is 3.42. The lowest BCUT2D eigenvalue weighted by atomic mass is 10.1. The number of nitrogens with one attached hydrogen (secondary N) is 1. The molecule has 1 unspecified atom stereocenters. The standard InChI is InChI=1S/C19H16BrFN6O2/c1-11-23-24-25-27(11)13-6-7-15(21)16(9-13)22-19(29)12-8-18(28)26(10-12)17-5-3-2-4-14(17)20/h2-7,9,12H,8,10H2,1H3,(H,22,29). The van der Waals surface area contributed by atoms with Gasteiger partial charge < -0.3 is 10.2 Å². The van der Waals surface area contributed by atoms with Gasteiger partial charge in [0, 0.05) is 17.4 Å². The molecule has 0 radical (unpaired) electrons. The van der Waals surface area contributed by atoms with Gasteiger partial charge in [-0.1, -0.05) is 12.1 Å². The molecular formula is C19H16BrFN6O2. The Kier molecular flexibility index (Phi) is 5.10. The zero-order valence-corrected chi connectivity index (χ0v) is 16.9. The number of tetrazole rings is 1. The van der Waals surface area contributed by atoms with Gasteiger partial charge in [0.2, 0.25) is 11.8 Å². The summed E-state index contributed by atoms with van der Waals surface area (Å²) in [7, 11) is 0. The maximum Gasteiger partial charge on any atom is 0.229 e. The quantitative estimate of drug-likeness (QED) is 0.648. The average Bonchev–Trinajstić information content (AvgIpc) is 3.30. The first-order chi connectivity index (χ1) is 13.9. The molecular weight excluding hydrogens is 443 g/mol. The molecule has 3 aromatic rings. The van der Waals surface area contributed by atoms with Crippen LogP contribution in [0.1, 0.15) is 12.2 Å². The first kappa shape index (κ1) is 19.2. The molecule has 1 atom stereocenters. The van der Waals surface area contributed by atoms with Gasteiger partial charge in [0.15, 0.2) is 5.82 Å². The number of para-hydroxylation sites is 1. The number of hydrogen-bond acceptors (Lipinski definition) is 5. The number of aryl methyl sites for hydroxylation is 1. The predicted octanol–water partition coefficient (Wildman–Crippen LogP) is 2.86. The number of amides is 2. The van der Waals surface area contributed by atoms with Crippen LogP contribution in [0.2, 0.25) is 0 Å². The van der Waals surface area contributed by atoms with Crippen LogP contribution in [0, 0.1) is 18.7 Å². The van der Waals surface area contributed by atoms with Gasteiger partial charge in [-0.15, -0.1) is 5.10 Å². The van der Waals surface area contributed by atoms with Crippen molar-refractivity contribution < 1.29 is 14.0 Å². The molecule has 29 heavy (non-hydrogen) atoms. The number of rotatable bonds is 4. The van der Waals surface area contributed by atoms with Gasteiger partial charge in [-0.05, 0) is 63.6 Å². The molecule has 8 nitrogen and oxygen atoms in total. The Morgan fingerprint density at radius 2 is 2.07 bits per heavy atom. The van der Waals surface area contributed by atoms with Crippen molar-refractivity contribution in [2.24, 2.45) is 5.92 Å². The van der Waals surface area contributed by atoms with E-state index in [1.165, 1.54) is 22.9 Å². The second kappa shape index (κ2) is 7.70. The topological polar surface area (TPSA) is 93.0 Å². The highest BCUT2D eigenvalue weighted by atomic mass is 79.9. The first-order valence-electron chi connectivity index (χ1n) is 8.84. The summed E-state index contributed by atoms with van der Waals surface area (Å²) in [5.41, 5.74) is 1.23. The molecule has 2 amide bonds. The van der Waals surface area contributed by atoms with E-state index in [2.05, 4.69) is 36.8 Å². The second-order valence-electron chi connectivity index (χ2n) is 6.65. The van der Waals surface area contributed by atoms with E-state index in [-0.39, 0.29) is 24.6 Å². The maximum absolute atomic E-state index is 14.3. The van der Waals surface area contributed by atoms with Crippen molar-refractivity contribution in [3.05, 3.63) is 58.6 Å². The second-order valence-corrected chi connectivity index (χ2v) is 7.50. The average molecular weight is 459 g/mol. The third-order valence-electron chi connectivity index (χ3n) is 4.72. The van der Waals surface area contributed by atoms with Gasteiger partial charge in [-0.2, -0.15) is 4.68 Å². The van der Waals surface area contributed by atoms with E-state index in [1.54, 1.807) is 17.9 Å². The van der Waals surface area contributed by atoms with Crippen molar-refractivity contribution in [3.8, 4) is 5.69 Å². The summed E-state index contributed by atoms with van der Waals surface area (Å²) in [5, 5.41) is 13.8. The van der Waals surface area contributed by atoms with E-state index in [4.69, 9.17) is 0 Å². The van der Waals surface area contributed by atoms with E-state index < -0.39 is 17.6 Å². The van der Waals surface area contributed by atoms with Crippen molar-refractivity contribution >= 4 is 39.1 Å². The van der Waals surface area contributed by atoms with Crippen LogP contribution < -0.4 is 10.2 Å². The van der Waals surface area contributed by atoms with Gasteiger partial charge in [-0.25, -0.2) is 4.39 Å². The van der Waals surface area contributed by atoms with E-state index in [1.807, 2.05) is 18.2 Å². The molecule has 1 aliphatic rings. The van der Waals surface area contributed by atoms with Crippen LogP contribution in [0.15, 0.2) is 46.9 Å². The first-order valence-corrected chi connectivity index (χ1v) is 9.64. The van der Waals surface area contributed by atoms with E-state index in [9.17, 15) is 14.0 Å². The molecule has 148 valence electrons. The van der Waals surface area contributed by atoms with Crippen LogP contribution >= 0.6 is 15.9 Å². The summed E-state index contributed by atoms with van der Waals surface area (Å²) in [4.78, 5) is 26.7. The Hall–Kier alpha value is -3.14. The number of aromatic nitrogens is 4. The Bertz CT molecular complexity index is 1100. The van der Waals surface area contributed by atoms with Gasteiger partial charge in [0.1, 0.15) is 5.82 Å². The SMILES string of the molecule is Cc1nnnn1-c1ccc(F)c(NC(=O)C2CC(=O)N(c3ccccc3Br)C2)c1. The molecule has 1 fully saturated rings. The monoisotopic (exact) mass is 458 g/mol. The molecule has 1 saturated heterocycles. The number of hydrogen-bond donors (Lipinski definition) is 1. The van der Waals surface area contributed by atoms with Crippen molar-refractivity contribution in [3.63, 3.8) is 0 Å². The van der Waals surface area contributed by atoms with Crippen molar-refractivity contribution in [2.75, 3.05) is 16.8 Å². The highest BCUT2D eigenvalue weighted by Crippen LogP contribution is 2.32. The minimum Gasteiger partial charge on any atom is -0.323 e. The summed E-state index contributed by atoms with van der Waals surface area (Å²) < 4.78 is 16.5. The van der Waals surface area contributed by atoms with Crippen molar-refractivity contribution in [2.45, 2.75) is 13.3 Å². The van der Waals surface area contributed by atoms with Gasteiger partial charge in [0.05, 0.1) is 23.0 Å². The number of anilines is 2. The van der Waals surface area contributed by atoms with Crippen LogP contribution in [0.5, 0.6) is 0 Å². The van der Waals surface area contributed by atoms with Gasteiger partial charge >= 0.3 is 0 Å². The fourth-order valence-corrected chi connectivity index (χ4v) is 3.73. The number of benzene rings is 2. The fraction of sp³-hybridized carbons (Fsp3) is 0.211. The van der Waals surface area contributed by atoms with Crippen LogP contribution in [0.25, 0.3) is 5.69 Å². The predicted molar refractivity (Wildman–Crippen MR) is 107 cm³/mol. The lowest BCUT2D eigenvalue weighted by Crippen LogP contribution is -2.28. The minimum atomic E-state index is -0.590. The lowest BCUT2D eigenvalue weighted by molar-refractivity contribution is -0.122. The number of halogens is 2. The highest BCUT2D eigenvalue weighted by Gasteiger charge is 2.36. The molecule has 0 spiro atoms. The van der Waals surface area contributed by atoms with Crippen molar-refractivity contribution in [1.82, 2.24) is 20.2 Å². The molecule has 0 saturated carbocycles. The number of nitrogens with zero attached hydrogens (tertiary/aromatic N) is 5. The Morgan fingerprint density at radius 1 is 1.28 bits per heavy atom. The van der Waals surface area contributed by atoms with Crippen LogP contribution in [-0.4, -0.2) is 38.6 Å². The van der Waals surface area contributed by atoms with Gasteiger partial charge in [-0.3, -0.25) is 9.59 Å². The van der Waals surface area contributed by atoms with Crippen molar-refractivity contribution in [1.29, 1.82) is 0 Å². The molecule has 4 rings (SSSR count). The molecule has 1 aromatic heterocycles. The molecule has 10 heteroatoms. The number of carbonyl (C=O) groups is 2. The van der Waals surface area contributed by atoms with Crippen LogP contribution in [0.4, 0.5) is 15.8 Å². The summed E-state index contributed by atoms with van der Waals surface area (Å²) in [5.74, 6) is -1.22. The fourth-order valence-electron chi connectivity index (χ4n) is 3.23. The van der Waals surface area contributed by atoms with E-state index in [0.717, 1.165) is 4.47 Å². The molecule has 0 aliphatic carbocycles. The molecule has 2 aromatic carbocycles. The molecule has 0 bridgehead atoms. The highest BCUT2D eigenvalue weighted by molar-refractivity contribution is 9.10. The summed E-state index contributed by atoms with van der Waals surface area (Å²) in [6, 6.07) is 11.5. The van der Waals surface area contributed by atoms with E-state index in [0.29, 0.717) is 17.2 Å². The lowest BCUT2D eigenvalue weighted by Gasteiger charge is -2.18. The van der Waals surface area contributed by atoms with Crippen LogP contribution in [-0.2, 0) is 9.59 Å². The Labute approximate surface area is 173 Å². The summed E-state index contributed by atoms with van der Waals surface area (Å²) in [6.07, 6.45) is 0.0561. The summed E-state index contributed by atoms with van der Waals surface area (Å²) in [6.45, 7) is 1.93. The number of carbonyl (C=O) groups excluding carboxylic acids is 2. The van der Waals surface area contributed by atoms with Gasteiger partial charge in [0.25, 0.3) is 0 Å². The molecule has 2 heterocycles. The zero-order chi connectivity index (χ0) is 20.5. The largest absolute Gasteiger partial charge is 0.323 e. The smallest absolute Gasteiger partial charge is 0.229 e. The molecule has 1 aliphatic heterocycles. The maximum atomic E-state index is 14.3. The minimum absolute atomic E-state index is 0.00851.